The molecular weight excluding hydrogens is 436 g/mol. The maximum atomic E-state index is 12.7. The van der Waals surface area contributed by atoms with Gasteiger partial charge in [-0.3, -0.25) is 0 Å². The molecule has 2 fully saturated rings. The molecular formula is C26H30N2O6. The smallest absolute Gasteiger partial charge is 0.408 e. The second-order valence-electron chi connectivity index (χ2n) is 9.92. The van der Waals surface area contributed by atoms with Gasteiger partial charge in [0.2, 0.25) is 0 Å². The van der Waals surface area contributed by atoms with Crippen molar-refractivity contribution in [2.75, 3.05) is 19.8 Å². The third kappa shape index (κ3) is 4.48. The van der Waals surface area contributed by atoms with E-state index in [9.17, 15) is 9.59 Å². The summed E-state index contributed by atoms with van der Waals surface area (Å²) in [5.41, 5.74) is 4.10. The number of benzene rings is 2. The molecule has 0 radical (unpaired) electrons. The Morgan fingerprint density at radius 3 is 1.88 bits per heavy atom. The fourth-order valence-electron chi connectivity index (χ4n) is 5.00. The van der Waals surface area contributed by atoms with Crippen molar-refractivity contribution < 1.29 is 28.5 Å². The van der Waals surface area contributed by atoms with Gasteiger partial charge in [0, 0.05) is 5.92 Å². The topological polar surface area (TPSA) is 95.1 Å². The summed E-state index contributed by atoms with van der Waals surface area (Å²) in [6.45, 7) is 6.23. The number of amides is 2. The van der Waals surface area contributed by atoms with E-state index in [0.29, 0.717) is 0 Å². The minimum absolute atomic E-state index is 0.00383. The van der Waals surface area contributed by atoms with Crippen LogP contribution in [-0.4, -0.2) is 61.9 Å². The zero-order valence-corrected chi connectivity index (χ0v) is 19.6. The van der Waals surface area contributed by atoms with E-state index in [1.165, 1.54) is 11.1 Å². The van der Waals surface area contributed by atoms with Crippen LogP contribution in [0.5, 0.6) is 0 Å². The largest absolute Gasteiger partial charge is 0.449 e. The quantitative estimate of drug-likeness (QED) is 0.715. The Balaban J connectivity index is 1.16. The van der Waals surface area contributed by atoms with Crippen molar-refractivity contribution in [2.24, 2.45) is 0 Å². The van der Waals surface area contributed by atoms with E-state index >= 15 is 0 Å². The van der Waals surface area contributed by atoms with Crippen LogP contribution in [0.3, 0.4) is 0 Å². The number of nitrogens with one attached hydrogen (secondary N) is 2. The van der Waals surface area contributed by atoms with Gasteiger partial charge in [0.05, 0.1) is 25.3 Å². The number of ether oxygens (including phenoxy) is 4. The number of hydrogen-bond acceptors (Lipinski definition) is 6. The summed E-state index contributed by atoms with van der Waals surface area (Å²) < 4.78 is 22.6. The number of fused-ring (bicyclic) bond motifs is 4. The lowest BCUT2D eigenvalue weighted by Crippen LogP contribution is -2.48. The summed E-state index contributed by atoms with van der Waals surface area (Å²) in [5.74, 6) is -0.00383. The second kappa shape index (κ2) is 8.92. The first-order valence-corrected chi connectivity index (χ1v) is 11.6. The summed E-state index contributed by atoms with van der Waals surface area (Å²) in [7, 11) is 0. The molecule has 34 heavy (non-hydrogen) atoms. The van der Waals surface area contributed by atoms with Crippen molar-refractivity contribution in [1.82, 2.24) is 10.6 Å². The number of rotatable bonds is 4. The molecule has 2 aromatic carbocycles. The number of alkyl carbamates (subject to hydrolysis) is 2. The average molecular weight is 467 g/mol. The predicted molar refractivity (Wildman–Crippen MR) is 125 cm³/mol. The Morgan fingerprint density at radius 1 is 0.853 bits per heavy atom. The Morgan fingerprint density at radius 2 is 1.35 bits per heavy atom. The molecule has 2 saturated heterocycles. The molecule has 2 aromatic rings. The van der Waals surface area contributed by atoms with Gasteiger partial charge >= 0.3 is 12.2 Å². The van der Waals surface area contributed by atoms with Gasteiger partial charge in [-0.05, 0) is 43.0 Å². The van der Waals surface area contributed by atoms with Gasteiger partial charge in [-0.1, -0.05) is 48.5 Å². The van der Waals surface area contributed by atoms with E-state index in [4.69, 9.17) is 18.9 Å². The van der Waals surface area contributed by atoms with Crippen LogP contribution >= 0.6 is 0 Å². The van der Waals surface area contributed by atoms with Crippen LogP contribution in [-0.2, 0) is 18.9 Å². The number of carbonyl (C=O) groups excluding carboxylic acids is 2. The minimum Gasteiger partial charge on any atom is -0.449 e. The van der Waals surface area contributed by atoms with Crippen LogP contribution in [0.1, 0.15) is 37.8 Å². The summed E-state index contributed by atoms with van der Waals surface area (Å²) in [6, 6.07) is 15.7. The van der Waals surface area contributed by atoms with Crippen molar-refractivity contribution in [1.29, 1.82) is 0 Å². The molecule has 0 spiro atoms. The SMILES string of the molecule is CC(C)(C)OC(=O)NC1COC2C(NC(=O)OCC3c4ccccc4-c4ccccc43)COC12. The highest BCUT2D eigenvalue weighted by atomic mass is 16.6. The van der Waals surface area contributed by atoms with Gasteiger partial charge in [0.25, 0.3) is 0 Å². The predicted octanol–water partition coefficient (Wildman–Crippen LogP) is 3.58. The molecule has 3 aliphatic rings. The van der Waals surface area contributed by atoms with E-state index in [1.54, 1.807) is 20.8 Å². The average Bonchev–Trinajstić information content (AvgIpc) is 3.45. The van der Waals surface area contributed by atoms with Crippen LogP contribution in [0.2, 0.25) is 0 Å². The van der Waals surface area contributed by atoms with Gasteiger partial charge < -0.3 is 29.6 Å². The maximum absolute atomic E-state index is 12.7. The minimum atomic E-state index is -0.590. The van der Waals surface area contributed by atoms with Gasteiger partial charge in [-0.25, -0.2) is 9.59 Å². The van der Waals surface area contributed by atoms with Crippen LogP contribution in [0, 0.1) is 0 Å². The second-order valence-corrected chi connectivity index (χ2v) is 9.92. The van der Waals surface area contributed by atoms with Crippen molar-refractivity contribution >= 4 is 12.2 Å². The van der Waals surface area contributed by atoms with Crippen molar-refractivity contribution in [3.05, 3.63) is 59.7 Å². The van der Waals surface area contributed by atoms with Gasteiger partial charge in [0.1, 0.15) is 24.4 Å². The number of hydrogen-bond donors (Lipinski definition) is 2. The molecule has 0 aromatic heterocycles. The third-order valence-electron chi connectivity index (χ3n) is 6.40. The molecule has 2 N–H and O–H groups in total. The summed E-state index contributed by atoms with van der Waals surface area (Å²) in [4.78, 5) is 24.8. The Kier molecular flexibility index (Phi) is 5.95. The van der Waals surface area contributed by atoms with Crippen molar-refractivity contribution in [2.45, 2.75) is 56.6 Å². The molecule has 5 rings (SSSR count). The maximum Gasteiger partial charge on any atom is 0.408 e. The van der Waals surface area contributed by atoms with E-state index in [0.717, 1.165) is 11.1 Å². The molecule has 8 heteroatoms. The highest BCUT2D eigenvalue weighted by Crippen LogP contribution is 2.44. The highest BCUT2D eigenvalue weighted by Gasteiger charge is 2.49. The fraction of sp³-hybridized carbons (Fsp3) is 0.462. The monoisotopic (exact) mass is 466 g/mol. The third-order valence-corrected chi connectivity index (χ3v) is 6.40. The first kappa shape index (κ1) is 22.7. The first-order valence-electron chi connectivity index (χ1n) is 11.6. The van der Waals surface area contributed by atoms with E-state index in [2.05, 4.69) is 34.9 Å². The Labute approximate surface area is 198 Å². The van der Waals surface area contributed by atoms with Crippen LogP contribution in [0.15, 0.2) is 48.5 Å². The van der Waals surface area contributed by atoms with Crippen LogP contribution in [0.4, 0.5) is 9.59 Å². The van der Waals surface area contributed by atoms with Gasteiger partial charge in [-0.15, -0.1) is 0 Å². The Bertz CT molecular complexity index is 1040. The van der Waals surface area contributed by atoms with Crippen LogP contribution in [0.25, 0.3) is 11.1 Å². The molecule has 0 saturated carbocycles. The molecule has 2 amide bonds. The standard InChI is InChI=1S/C26H30N2O6/c1-26(2,3)34-25(30)28-21-14-32-22-20(13-31-23(21)22)27-24(29)33-12-19-17-10-6-4-8-15(17)16-9-5-7-11-18(16)19/h4-11,19-23H,12-14H2,1-3H3,(H,27,29)(H,28,30). The molecule has 1 aliphatic carbocycles. The van der Waals surface area contributed by atoms with Crippen LogP contribution < -0.4 is 10.6 Å². The lowest BCUT2D eigenvalue weighted by molar-refractivity contribution is 0.0406. The lowest BCUT2D eigenvalue weighted by Gasteiger charge is -2.23. The molecule has 2 aliphatic heterocycles. The number of carbonyl (C=O) groups is 2. The molecule has 4 atom stereocenters. The normalized spacial score (nSPS) is 25.3. The molecule has 0 bridgehead atoms. The van der Waals surface area contributed by atoms with Gasteiger partial charge in [-0.2, -0.15) is 0 Å². The van der Waals surface area contributed by atoms with E-state index < -0.39 is 17.8 Å². The first-order chi connectivity index (χ1) is 16.3. The summed E-state index contributed by atoms with van der Waals surface area (Å²) >= 11 is 0. The highest BCUT2D eigenvalue weighted by molar-refractivity contribution is 5.79. The van der Waals surface area contributed by atoms with Crippen molar-refractivity contribution in [3.63, 3.8) is 0 Å². The van der Waals surface area contributed by atoms with E-state index in [-0.39, 0.29) is 50.0 Å². The summed E-state index contributed by atoms with van der Waals surface area (Å²) in [5, 5.41) is 5.69. The van der Waals surface area contributed by atoms with E-state index in [1.807, 2.05) is 24.3 Å². The zero-order valence-electron chi connectivity index (χ0n) is 19.6. The zero-order chi connectivity index (χ0) is 23.9. The molecule has 180 valence electrons. The molecule has 2 heterocycles. The van der Waals surface area contributed by atoms with Gasteiger partial charge in [0.15, 0.2) is 0 Å². The summed E-state index contributed by atoms with van der Waals surface area (Å²) in [6.07, 6.45) is -1.74. The molecule has 8 nitrogen and oxygen atoms in total. The lowest BCUT2D eigenvalue weighted by atomic mass is 9.98. The van der Waals surface area contributed by atoms with Crippen molar-refractivity contribution in [3.8, 4) is 11.1 Å². The fourth-order valence-corrected chi connectivity index (χ4v) is 5.00. The Hall–Kier alpha value is -3.10. The molecule has 4 unspecified atom stereocenters.